The van der Waals surface area contributed by atoms with E-state index < -0.39 is 8.07 Å². The second kappa shape index (κ2) is 5.04. The fourth-order valence-corrected chi connectivity index (χ4v) is 3.63. The predicted octanol–water partition coefficient (Wildman–Crippen LogP) is 4.13. The Kier molecular flexibility index (Phi) is 4.15. The van der Waals surface area contributed by atoms with Crippen LogP contribution in [-0.2, 0) is 4.79 Å². The Morgan fingerprint density at radius 2 is 1.76 bits per heavy atom. The highest BCUT2D eigenvalue weighted by Gasteiger charge is 2.43. The molecule has 0 aliphatic rings. The number of carbonyl (C=O) groups is 1. The Morgan fingerprint density at radius 1 is 1.24 bits per heavy atom. The van der Waals surface area contributed by atoms with E-state index in [1.807, 2.05) is 30.3 Å². The highest BCUT2D eigenvalue weighted by Crippen LogP contribution is 2.41. The van der Waals surface area contributed by atoms with E-state index in [4.69, 9.17) is 0 Å². The van der Waals surface area contributed by atoms with E-state index in [0.717, 1.165) is 12.1 Å². The molecule has 3 heteroatoms. The summed E-state index contributed by atoms with van der Waals surface area (Å²) in [6, 6.07) is 9.68. The van der Waals surface area contributed by atoms with Gasteiger partial charge in [-0.1, -0.05) is 51.7 Å². The molecule has 1 N–H and O–H groups in total. The Labute approximate surface area is 105 Å². The lowest BCUT2D eigenvalue weighted by Crippen LogP contribution is -2.45. The van der Waals surface area contributed by atoms with Crippen molar-refractivity contribution in [3.05, 3.63) is 30.3 Å². The molecule has 0 bridgehead atoms. The monoisotopic (exact) mass is 249 g/mol. The standard InChI is InChI=1S/C14H23NOSi/c1-6-14(2,17(3,4)5)13(16)15-12-10-8-7-9-11-12/h7-11H,6H2,1-5H3,(H,15,16). The molecule has 0 radical (unpaired) electrons. The third kappa shape index (κ3) is 2.97. The molecule has 94 valence electrons. The Hall–Kier alpha value is -1.09. The zero-order chi connectivity index (χ0) is 13.1. The first kappa shape index (κ1) is 14.0. The number of benzene rings is 1. The van der Waals surface area contributed by atoms with Gasteiger partial charge in [0.05, 0.1) is 8.07 Å². The van der Waals surface area contributed by atoms with Crippen molar-refractivity contribution in [1.29, 1.82) is 0 Å². The van der Waals surface area contributed by atoms with Crippen molar-refractivity contribution in [3.8, 4) is 0 Å². The molecule has 1 atom stereocenters. The van der Waals surface area contributed by atoms with E-state index in [1.165, 1.54) is 0 Å². The maximum atomic E-state index is 12.4. The molecule has 0 heterocycles. The van der Waals surface area contributed by atoms with Gasteiger partial charge in [0.15, 0.2) is 0 Å². The van der Waals surface area contributed by atoms with Crippen LogP contribution in [0.25, 0.3) is 0 Å². The first-order chi connectivity index (χ1) is 7.81. The van der Waals surface area contributed by atoms with Crippen LogP contribution in [0.2, 0.25) is 24.7 Å². The molecule has 0 saturated heterocycles. The van der Waals surface area contributed by atoms with Crippen molar-refractivity contribution < 1.29 is 4.79 Å². The molecular weight excluding hydrogens is 226 g/mol. The van der Waals surface area contributed by atoms with Gasteiger partial charge in [-0.3, -0.25) is 4.79 Å². The zero-order valence-corrected chi connectivity index (χ0v) is 12.5. The number of hydrogen-bond acceptors (Lipinski definition) is 1. The summed E-state index contributed by atoms with van der Waals surface area (Å²) < 4.78 is 0. The Balaban J connectivity index is 2.89. The number of anilines is 1. The van der Waals surface area contributed by atoms with E-state index in [1.54, 1.807) is 0 Å². The van der Waals surface area contributed by atoms with Crippen LogP contribution in [0.1, 0.15) is 20.3 Å². The van der Waals surface area contributed by atoms with Crippen LogP contribution < -0.4 is 5.32 Å². The van der Waals surface area contributed by atoms with Crippen molar-refractivity contribution in [2.45, 2.75) is 44.9 Å². The molecule has 1 aromatic rings. The molecule has 2 nitrogen and oxygen atoms in total. The van der Waals surface area contributed by atoms with Gasteiger partial charge in [-0.15, -0.1) is 0 Å². The molecule has 0 spiro atoms. The third-order valence-electron chi connectivity index (χ3n) is 3.90. The number of hydrogen-bond donors (Lipinski definition) is 1. The molecule has 0 saturated carbocycles. The lowest BCUT2D eigenvalue weighted by Gasteiger charge is -2.38. The summed E-state index contributed by atoms with van der Waals surface area (Å²) >= 11 is 0. The van der Waals surface area contributed by atoms with Crippen LogP contribution in [0.4, 0.5) is 5.69 Å². The lowest BCUT2D eigenvalue weighted by molar-refractivity contribution is -0.119. The topological polar surface area (TPSA) is 29.1 Å². The van der Waals surface area contributed by atoms with Crippen molar-refractivity contribution in [3.63, 3.8) is 0 Å². The van der Waals surface area contributed by atoms with Gasteiger partial charge in [0, 0.05) is 10.7 Å². The molecule has 17 heavy (non-hydrogen) atoms. The van der Waals surface area contributed by atoms with Gasteiger partial charge in [-0.25, -0.2) is 0 Å². The molecule has 0 aromatic heterocycles. The molecule has 0 aliphatic carbocycles. The highest BCUT2D eigenvalue weighted by atomic mass is 28.3. The summed E-state index contributed by atoms with van der Waals surface area (Å²) in [6.07, 6.45) is 0.890. The summed E-state index contributed by atoms with van der Waals surface area (Å²) in [7, 11) is -1.54. The number of amides is 1. The van der Waals surface area contributed by atoms with Crippen LogP contribution in [0.3, 0.4) is 0 Å². The van der Waals surface area contributed by atoms with Crippen LogP contribution >= 0.6 is 0 Å². The van der Waals surface area contributed by atoms with E-state index in [2.05, 4.69) is 38.8 Å². The number of nitrogens with one attached hydrogen (secondary N) is 1. The van der Waals surface area contributed by atoms with Crippen molar-refractivity contribution >= 4 is 19.7 Å². The Morgan fingerprint density at radius 3 is 2.18 bits per heavy atom. The lowest BCUT2D eigenvalue weighted by atomic mass is 10.1. The molecule has 1 aromatic carbocycles. The molecular formula is C14H23NOSi. The SMILES string of the molecule is CCC(C)(C(=O)Nc1ccccc1)[Si](C)(C)C. The highest BCUT2D eigenvalue weighted by molar-refractivity contribution is 6.82. The van der Waals surface area contributed by atoms with E-state index >= 15 is 0 Å². The molecule has 0 fully saturated rings. The molecule has 1 rings (SSSR count). The van der Waals surface area contributed by atoms with Gasteiger partial charge in [-0.2, -0.15) is 0 Å². The van der Waals surface area contributed by atoms with Crippen molar-refractivity contribution in [2.24, 2.45) is 0 Å². The van der Waals surface area contributed by atoms with E-state index in [0.29, 0.717) is 0 Å². The minimum Gasteiger partial charge on any atom is -0.326 e. The normalized spacial score (nSPS) is 15.1. The number of carbonyl (C=O) groups excluding carboxylic acids is 1. The van der Waals surface area contributed by atoms with Crippen LogP contribution in [-0.4, -0.2) is 14.0 Å². The van der Waals surface area contributed by atoms with Crippen molar-refractivity contribution in [1.82, 2.24) is 0 Å². The second-order valence-corrected chi connectivity index (χ2v) is 11.4. The van der Waals surface area contributed by atoms with Gasteiger partial charge in [-0.05, 0) is 18.6 Å². The molecule has 0 aliphatic heterocycles. The zero-order valence-electron chi connectivity index (χ0n) is 11.5. The summed E-state index contributed by atoms with van der Waals surface area (Å²) in [4.78, 5) is 12.4. The number of para-hydroxylation sites is 1. The summed E-state index contributed by atoms with van der Waals surface area (Å²) in [5, 5.41) is 2.82. The quantitative estimate of drug-likeness (QED) is 0.799. The predicted molar refractivity (Wildman–Crippen MR) is 77.1 cm³/mol. The van der Waals surface area contributed by atoms with Crippen LogP contribution in [0.15, 0.2) is 30.3 Å². The van der Waals surface area contributed by atoms with Gasteiger partial charge in [0.25, 0.3) is 0 Å². The van der Waals surface area contributed by atoms with E-state index in [9.17, 15) is 4.79 Å². The minimum atomic E-state index is -1.54. The second-order valence-electron chi connectivity index (χ2n) is 5.76. The Bertz CT molecular complexity index is 383. The van der Waals surface area contributed by atoms with Gasteiger partial charge in [0.2, 0.25) is 5.91 Å². The van der Waals surface area contributed by atoms with Gasteiger partial charge < -0.3 is 5.32 Å². The fraction of sp³-hybridized carbons (Fsp3) is 0.500. The summed E-state index contributed by atoms with van der Waals surface area (Å²) in [5.74, 6) is 0.158. The largest absolute Gasteiger partial charge is 0.326 e. The summed E-state index contributed by atoms with van der Waals surface area (Å²) in [5.41, 5.74) is 0.885. The fourth-order valence-electron chi connectivity index (χ4n) is 1.82. The molecule has 1 amide bonds. The first-order valence-corrected chi connectivity index (χ1v) is 9.68. The maximum Gasteiger partial charge on any atom is 0.227 e. The first-order valence-electron chi connectivity index (χ1n) is 6.18. The number of rotatable bonds is 4. The maximum absolute atomic E-state index is 12.4. The van der Waals surface area contributed by atoms with Gasteiger partial charge in [0.1, 0.15) is 0 Å². The summed E-state index contributed by atoms with van der Waals surface area (Å²) in [6.45, 7) is 10.9. The van der Waals surface area contributed by atoms with Crippen molar-refractivity contribution in [2.75, 3.05) is 5.32 Å². The average molecular weight is 249 g/mol. The van der Waals surface area contributed by atoms with Crippen LogP contribution in [0, 0.1) is 0 Å². The van der Waals surface area contributed by atoms with E-state index in [-0.39, 0.29) is 10.9 Å². The smallest absolute Gasteiger partial charge is 0.227 e. The average Bonchev–Trinajstić information content (AvgIpc) is 2.27. The molecule has 1 unspecified atom stereocenters. The van der Waals surface area contributed by atoms with Gasteiger partial charge >= 0.3 is 0 Å². The van der Waals surface area contributed by atoms with Crippen LogP contribution in [0.5, 0.6) is 0 Å². The third-order valence-corrected chi connectivity index (χ3v) is 7.79. The minimum absolute atomic E-state index is 0.158.